The van der Waals surface area contributed by atoms with Crippen LogP contribution in [0.2, 0.25) is 0 Å². The van der Waals surface area contributed by atoms with Crippen molar-refractivity contribution in [2.24, 2.45) is 0 Å². The van der Waals surface area contributed by atoms with Crippen LogP contribution >= 0.6 is 23.5 Å². The van der Waals surface area contributed by atoms with Crippen LogP contribution in [0.25, 0.3) is 0 Å². The molecule has 0 aromatic heterocycles. The van der Waals surface area contributed by atoms with Gasteiger partial charge in [-0.1, -0.05) is 0 Å². The van der Waals surface area contributed by atoms with Crippen molar-refractivity contribution < 1.29 is 16.0 Å². The summed E-state index contributed by atoms with van der Waals surface area (Å²) in [6.45, 7) is 0. The van der Waals surface area contributed by atoms with Gasteiger partial charge in [-0.2, -0.15) is 0 Å². The molecule has 38 valence electrons. The quantitative estimate of drug-likeness (QED) is 0.504. The van der Waals surface area contributed by atoms with Gasteiger partial charge in [0.25, 0.3) is 0 Å². The maximum atomic E-state index is 5.00. The summed E-state index contributed by atoms with van der Waals surface area (Å²) in [7, 11) is 0. The molecule has 1 aliphatic heterocycles. The summed E-state index contributed by atoms with van der Waals surface area (Å²) < 4.78 is 0.331. The number of thioether (sulfide) groups is 2. The summed E-state index contributed by atoms with van der Waals surface area (Å²) in [4.78, 5) is 0. The molecule has 0 saturated heterocycles. The summed E-state index contributed by atoms with van der Waals surface area (Å²) in [6.07, 6.45) is 0. The van der Waals surface area contributed by atoms with E-state index in [2.05, 4.69) is 0 Å². The van der Waals surface area contributed by atoms with Crippen molar-refractivity contribution in [1.82, 2.24) is 0 Å². The Balaban J connectivity index is 2.32. The third kappa shape index (κ3) is 1.23. The van der Waals surface area contributed by atoms with E-state index in [1.165, 1.54) is 0 Å². The maximum absolute atomic E-state index is 5.00. The minimum absolute atomic E-state index is 0.331. The first-order valence-electron chi connectivity index (χ1n) is 1.45. The van der Waals surface area contributed by atoms with Crippen LogP contribution in [0.5, 0.6) is 0 Å². The molecule has 0 spiro atoms. The van der Waals surface area contributed by atoms with E-state index >= 15 is 0 Å². The first kappa shape index (κ1) is 5.10. The second kappa shape index (κ2) is 2.31. The molecule has 1 aliphatic rings. The molecule has 0 amide bonds. The molecule has 0 nitrogen and oxygen atoms in total. The van der Waals surface area contributed by atoms with Gasteiger partial charge in [-0.05, 0) is 0 Å². The molecule has 1 rings (SSSR count). The van der Waals surface area contributed by atoms with Crippen molar-refractivity contribution in [2.45, 2.75) is 3.48 Å². The van der Waals surface area contributed by atoms with Crippen LogP contribution in [-0.4, -0.2) is 3.48 Å². The van der Waals surface area contributed by atoms with Crippen molar-refractivity contribution in [3.8, 4) is 0 Å². The number of hydrogen-bond acceptors (Lipinski definition) is 2. The van der Waals surface area contributed by atoms with Crippen LogP contribution < -0.4 is 0 Å². The van der Waals surface area contributed by atoms with Crippen molar-refractivity contribution >= 4 is 23.5 Å². The topological polar surface area (TPSA) is 0 Å². The fourth-order valence-corrected chi connectivity index (χ4v) is 2.03. The van der Waals surface area contributed by atoms with Crippen molar-refractivity contribution in [1.29, 1.82) is 0 Å². The molecule has 0 aromatic rings. The van der Waals surface area contributed by atoms with Gasteiger partial charge in [0.15, 0.2) is 0 Å². The zero-order valence-electron chi connectivity index (χ0n) is 2.85. The molecule has 3 heteroatoms. The van der Waals surface area contributed by atoms with Crippen LogP contribution in [0.4, 0.5) is 0 Å². The second-order valence-electron chi connectivity index (χ2n) is 0.783. The zero-order valence-corrected chi connectivity index (χ0v) is 5.42. The summed E-state index contributed by atoms with van der Waals surface area (Å²) in [5, 5.41) is 4.05. The third-order valence-electron chi connectivity index (χ3n) is 0.406. The zero-order chi connectivity index (χ0) is 4.41. The Morgan fingerprint density at radius 1 is 1.33 bits per heavy atom. The summed E-state index contributed by atoms with van der Waals surface area (Å²) >= 11 is 8.37. The molecule has 0 aliphatic carbocycles. The summed E-state index contributed by atoms with van der Waals surface area (Å²) in [6, 6.07) is 0. The second-order valence-corrected chi connectivity index (χ2v) is 4.26. The van der Waals surface area contributed by atoms with Gasteiger partial charge in [0.1, 0.15) is 0 Å². The van der Waals surface area contributed by atoms with Gasteiger partial charge in [0, 0.05) is 0 Å². The van der Waals surface area contributed by atoms with Gasteiger partial charge in [-0.3, -0.25) is 0 Å². The average molecular weight is 167 g/mol. The van der Waals surface area contributed by atoms with Crippen LogP contribution in [0.3, 0.4) is 0 Å². The molecule has 0 atom stereocenters. The molecular weight excluding hydrogens is 164 g/mol. The van der Waals surface area contributed by atoms with E-state index < -0.39 is 0 Å². The van der Waals surface area contributed by atoms with Crippen molar-refractivity contribution in [2.75, 3.05) is 0 Å². The van der Waals surface area contributed by atoms with Crippen LogP contribution in [0.1, 0.15) is 0 Å². The molecule has 0 fully saturated rings. The van der Waals surface area contributed by atoms with E-state index in [-0.39, 0.29) is 0 Å². The van der Waals surface area contributed by atoms with Gasteiger partial charge in [0.05, 0.1) is 0 Å². The van der Waals surface area contributed by atoms with Gasteiger partial charge < -0.3 is 0 Å². The number of rotatable bonds is 0. The summed E-state index contributed by atoms with van der Waals surface area (Å²) in [5.41, 5.74) is 0. The van der Waals surface area contributed by atoms with Crippen LogP contribution in [-0.2, 0) is 16.0 Å². The van der Waals surface area contributed by atoms with Crippen molar-refractivity contribution in [3.63, 3.8) is 0 Å². The van der Waals surface area contributed by atoms with E-state index in [1.54, 1.807) is 23.5 Å². The van der Waals surface area contributed by atoms with Gasteiger partial charge in [-0.25, -0.2) is 0 Å². The van der Waals surface area contributed by atoms with Gasteiger partial charge in [-0.15, -0.1) is 0 Å². The first-order chi connectivity index (χ1) is 2.89. The normalized spacial score (nSPS) is 23.0. The third-order valence-corrected chi connectivity index (χ3v) is 2.99. The Bertz CT molecular complexity index is 63.2. The average Bonchev–Trinajstić information content (AvgIpc) is 1.86. The van der Waals surface area contributed by atoms with E-state index in [0.717, 1.165) is 0 Å². The van der Waals surface area contributed by atoms with E-state index in [1.807, 2.05) is 10.8 Å². The molecule has 0 N–H and O–H groups in total. The van der Waals surface area contributed by atoms with Gasteiger partial charge in [0.2, 0.25) is 0 Å². The molecule has 1 heterocycles. The van der Waals surface area contributed by atoms with E-state index in [0.29, 0.717) is 3.48 Å². The predicted octanol–water partition coefficient (Wildman–Crippen LogP) is 1.77. The minimum atomic E-state index is 0.331. The van der Waals surface area contributed by atoms with E-state index in [4.69, 9.17) is 16.0 Å². The Hall–Kier alpha value is 0.959. The molecule has 0 saturated carbocycles. The SMILES string of the molecule is [Cu][CH]1SC=CS1. The van der Waals surface area contributed by atoms with Gasteiger partial charge >= 0.3 is 53.8 Å². The fourth-order valence-electron chi connectivity index (χ4n) is 0.208. The van der Waals surface area contributed by atoms with Crippen LogP contribution in [0, 0.1) is 0 Å². The Morgan fingerprint density at radius 2 is 1.83 bits per heavy atom. The predicted molar refractivity (Wildman–Crippen MR) is 28.1 cm³/mol. The van der Waals surface area contributed by atoms with Crippen LogP contribution in [0.15, 0.2) is 10.8 Å². The standard InChI is InChI=1S/C3H3S2.Cu/c1-2-5-3-4-1;/h1-3H;. The molecule has 0 bridgehead atoms. The summed E-state index contributed by atoms with van der Waals surface area (Å²) in [5.74, 6) is 0. The molecule has 0 unspecified atom stereocenters. The monoisotopic (exact) mass is 166 g/mol. The van der Waals surface area contributed by atoms with E-state index in [9.17, 15) is 0 Å². The Morgan fingerprint density at radius 3 is 2.00 bits per heavy atom. The molecular formula is C3H3CuS2. The molecule has 0 aromatic carbocycles. The molecule has 6 heavy (non-hydrogen) atoms. The van der Waals surface area contributed by atoms with Crippen molar-refractivity contribution in [3.05, 3.63) is 10.8 Å². The Labute approximate surface area is 54.0 Å². The first-order valence-corrected chi connectivity index (χ1v) is 3.88. The molecule has 0 radical (unpaired) electrons. The fraction of sp³-hybridized carbons (Fsp3) is 0.333. The Kier molecular flexibility index (Phi) is 1.97. The number of hydrogen-bond donors (Lipinski definition) is 0.